The maximum Gasteiger partial charge on any atom is 0.256 e. The fraction of sp³-hybridized carbons (Fsp3) is 0.304. The highest BCUT2D eigenvalue weighted by atomic mass is 16.5. The van der Waals surface area contributed by atoms with Gasteiger partial charge in [0.25, 0.3) is 5.91 Å². The number of ether oxygens (including phenoxy) is 1. The number of amides is 1. The van der Waals surface area contributed by atoms with E-state index in [4.69, 9.17) is 4.74 Å². The number of pyridine rings is 1. The van der Waals surface area contributed by atoms with Crippen LogP contribution in [-0.4, -0.2) is 53.5 Å². The number of hydrogen-bond donors (Lipinski definition) is 0. The summed E-state index contributed by atoms with van der Waals surface area (Å²) in [7, 11) is 0. The number of fused-ring (bicyclic) bond motifs is 1. The van der Waals surface area contributed by atoms with Gasteiger partial charge in [0.2, 0.25) is 0 Å². The molecule has 1 amide bonds. The van der Waals surface area contributed by atoms with Crippen LogP contribution in [0.25, 0.3) is 10.9 Å². The molecule has 1 aliphatic heterocycles. The molecule has 0 radical (unpaired) electrons. The highest BCUT2D eigenvalue weighted by Gasteiger charge is 2.23. The maximum absolute atomic E-state index is 13.0. The van der Waals surface area contributed by atoms with Crippen LogP contribution >= 0.6 is 0 Å². The summed E-state index contributed by atoms with van der Waals surface area (Å²) in [6, 6.07) is 18.0. The first-order chi connectivity index (χ1) is 13.7. The van der Waals surface area contributed by atoms with Crippen LogP contribution in [0, 0.1) is 0 Å². The van der Waals surface area contributed by atoms with Gasteiger partial charge in [0.05, 0.1) is 17.7 Å². The van der Waals surface area contributed by atoms with Crippen molar-refractivity contribution in [1.82, 2.24) is 14.8 Å². The molecule has 0 bridgehead atoms. The number of para-hydroxylation sites is 1. The molecule has 1 aromatic heterocycles. The van der Waals surface area contributed by atoms with E-state index >= 15 is 0 Å². The first-order valence-electron chi connectivity index (χ1n) is 9.81. The van der Waals surface area contributed by atoms with Gasteiger partial charge in [-0.3, -0.25) is 14.7 Å². The maximum atomic E-state index is 13.0. The van der Waals surface area contributed by atoms with Crippen molar-refractivity contribution in [1.29, 1.82) is 0 Å². The number of aromatic nitrogens is 1. The first-order valence-corrected chi connectivity index (χ1v) is 9.81. The summed E-state index contributed by atoms with van der Waals surface area (Å²) in [5.41, 5.74) is 2.74. The van der Waals surface area contributed by atoms with E-state index in [1.165, 1.54) is 5.56 Å². The van der Waals surface area contributed by atoms with E-state index in [1.54, 1.807) is 6.20 Å². The van der Waals surface area contributed by atoms with Crippen molar-refractivity contribution in [3.05, 3.63) is 71.9 Å². The first kappa shape index (κ1) is 18.4. The highest BCUT2D eigenvalue weighted by molar-refractivity contribution is 6.05. The lowest BCUT2D eigenvalue weighted by Crippen LogP contribution is -2.48. The van der Waals surface area contributed by atoms with Crippen molar-refractivity contribution in [3.8, 4) is 5.75 Å². The molecular weight excluding hydrogens is 350 g/mol. The second kappa shape index (κ2) is 8.40. The third-order valence-electron chi connectivity index (χ3n) is 5.16. The molecular formula is C23H25N3O2. The Bertz CT molecular complexity index is 942. The van der Waals surface area contributed by atoms with Gasteiger partial charge in [-0.25, -0.2) is 0 Å². The summed E-state index contributed by atoms with van der Waals surface area (Å²) in [6.45, 7) is 6.78. The molecule has 0 unspecified atom stereocenters. The van der Waals surface area contributed by atoms with Gasteiger partial charge < -0.3 is 9.64 Å². The van der Waals surface area contributed by atoms with Crippen molar-refractivity contribution in [2.45, 2.75) is 13.5 Å². The standard InChI is InChI=1S/C23H25N3O2/c1-2-28-20-10-8-18(9-11-20)17-25-13-15-26(16-14-25)23(27)21-7-3-5-19-6-4-12-24-22(19)21/h3-12H,2,13-17H2,1H3. The fourth-order valence-corrected chi connectivity index (χ4v) is 3.67. The number of carbonyl (C=O) groups is 1. The Balaban J connectivity index is 1.37. The number of piperazine rings is 1. The topological polar surface area (TPSA) is 45.7 Å². The van der Waals surface area contributed by atoms with Gasteiger partial charge in [-0.05, 0) is 36.8 Å². The molecule has 1 aliphatic rings. The van der Waals surface area contributed by atoms with Crippen LogP contribution in [0.1, 0.15) is 22.8 Å². The number of carbonyl (C=O) groups excluding carboxylic acids is 1. The van der Waals surface area contributed by atoms with E-state index in [-0.39, 0.29) is 5.91 Å². The van der Waals surface area contributed by atoms with E-state index in [9.17, 15) is 4.79 Å². The molecule has 4 rings (SSSR count). The highest BCUT2D eigenvalue weighted by Crippen LogP contribution is 2.19. The fourth-order valence-electron chi connectivity index (χ4n) is 3.67. The zero-order chi connectivity index (χ0) is 19.3. The lowest BCUT2D eigenvalue weighted by molar-refractivity contribution is 0.0630. The number of hydrogen-bond acceptors (Lipinski definition) is 4. The molecule has 0 atom stereocenters. The molecule has 1 fully saturated rings. The second-order valence-corrected chi connectivity index (χ2v) is 7.03. The van der Waals surface area contributed by atoms with E-state index in [1.807, 2.05) is 54.3 Å². The summed E-state index contributed by atoms with van der Waals surface area (Å²) in [5, 5.41) is 1.00. The molecule has 28 heavy (non-hydrogen) atoms. The molecule has 144 valence electrons. The average molecular weight is 375 g/mol. The van der Waals surface area contributed by atoms with Crippen LogP contribution < -0.4 is 4.74 Å². The van der Waals surface area contributed by atoms with E-state index in [0.717, 1.165) is 49.4 Å². The molecule has 0 spiro atoms. The van der Waals surface area contributed by atoms with Crippen molar-refractivity contribution in [2.75, 3.05) is 32.8 Å². The Labute approximate surface area is 165 Å². The monoisotopic (exact) mass is 375 g/mol. The largest absolute Gasteiger partial charge is 0.494 e. The normalized spacial score (nSPS) is 15.0. The van der Waals surface area contributed by atoms with Crippen LogP contribution in [0.2, 0.25) is 0 Å². The predicted molar refractivity (Wildman–Crippen MR) is 111 cm³/mol. The summed E-state index contributed by atoms with van der Waals surface area (Å²) in [5.74, 6) is 0.982. The van der Waals surface area contributed by atoms with Crippen LogP contribution in [0.4, 0.5) is 0 Å². The Kier molecular flexibility index (Phi) is 5.53. The predicted octanol–water partition coefficient (Wildman–Crippen LogP) is 3.59. The third kappa shape index (κ3) is 3.99. The van der Waals surface area contributed by atoms with E-state index < -0.39 is 0 Å². The van der Waals surface area contributed by atoms with Gasteiger partial charge in [0.15, 0.2) is 0 Å². The molecule has 5 nitrogen and oxygen atoms in total. The van der Waals surface area contributed by atoms with Crippen molar-refractivity contribution >= 4 is 16.8 Å². The quantitative estimate of drug-likeness (QED) is 0.684. The molecule has 1 saturated heterocycles. The smallest absolute Gasteiger partial charge is 0.256 e. The van der Waals surface area contributed by atoms with E-state index in [0.29, 0.717) is 12.2 Å². The van der Waals surface area contributed by atoms with Crippen LogP contribution in [0.5, 0.6) is 5.75 Å². The molecule has 2 heterocycles. The Hall–Kier alpha value is -2.92. The number of benzene rings is 2. The summed E-state index contributed by atoms with van der Waals surface area (Å²) in [4.78, 5) is 21.8. The lowest BCUT2D eigenvalue weighted by atomic mass is 10.1. The zero-order valence-corrected chi connectivity index (χ0v) is 16.2. The Morgan fingerprint density at radius 3 is 2.50 bits per heavy atom. The van der Waals surface area contributed by atoms with Gasteiger partial charge in [-0.15, -0.1) is 0 Å². The summed E-state index contributed by atoms with van der Waals surface area (Å²) < 4.78 is 5.50. The molecule has 0 saturated carbocycles. The molecule has 0 N–H and O–H groups in total. The minimum absolute atomic E-state index is 0.0741. The van der Waals surface area contributed by atoms with Gasteiger partial charge in [0.1, 0.15) is 5.75 Å². The zero-order valence-electron chi connectivity index (χ0n) is 16.2. The SMILES string of the molecule is CCOc1ccc(CN2CCN(C(=O)c3cccc4cccnc34)CC2)cc1. The van der Waals surface area contributed by atoms with Crippen molar-refractivity contribution < 1.29 is 9.53 Å². The molecule has 3 aromatic rings. The van der Waals surface area contributed by atoms with Gasteiger partial charge >= 0.3 is 0 Å². The minimum Gasteiger partial charge on any atom is -0.494 e. The van der Waals surface area contributed by atoms with E-state index in [2.05, 4.69) is 22.0 Å². The lowest BCUT2D eigenvalue weighted by Gasteiger charge is -2.35. The van der Waals surface area contributed by atoms with Crippen molar-refractivity contribution in [2.24, 2.45) is 0 Å². The average Bonchev–Trinajstić information content (AvgIpc) is 2.75. The third-order valence-corrected chi connectivity index (χ3v) is 5.16. The second-order valence-electron chi connectivity index (χ2n) is 7.03. The number of nitrogens with zero attached hydrogens (tertiary/aromatic N) is 3. The molecule has 2 aromatic carbocycles. The molecule has 0 aliphatic carbocycles. The van der Waals surface area contributed by atoms with Crippen LogP contribution in [0.15, 0.2) is 60.8 Å². The summed E-state index contributed by atoms with van der Waals surface area (Å²) >= 11 is 0. The van der Waals surface area contributed by atoms with Crippen LogP contribution in [0.3, 0.4) is 0 Å². The number of rotatable bonds is 5. The van der Waals surface area contributed by atoms with Gasteiger partial charge in [-0.1, -0.05) is 30.3 Å². The van der Waals surface area contributed by atoms with Gasteiger partial charge in [-0.2, -0.15) is 0 Å². The summed E-state index contributed by atoms with van der Waals surface area (Å²) in [6.07, 6.45) is 1.74. The van der Waals surface area contributed by atoms with Gasteiger partial charge in [0, 0.05) is 44.3 Å². The Morgan fingerprint density at radius 1 is 1.00 bits per heavy atom. The minimum atomic E-state index is 0.0741. The molecule has 5 heteroatoms. The Morgan fingerprint density at radius 2 is 1.75 bits per heavy atom. The van der Waals surface area contributed by atoms with Crippen LogP contribution in [-0.2, 0) is 6.54 Å². The van der Waals surface area contributed by atoms with Crippen molar-refractivity contribution in [3.63, 3.8) is 0 Å².